The van der Waals surface area contributed by atoms with E-state index >= 15 is 0 Å². The molecule has 0 radical (unpaired) electrons. The van der Waals surface area contributed by atoms with Gasteiger partial charge in [-0.25, -0.2) is 0 Å². The van der Waals surface area contributed by atoms with E-state index in [0.717, 1.165) is 17.9 Å². The molecule has 1 aromatic heterocycles. The van der Waals surface area contributed by atoms with Gasteiger partial charge in [0, 0.05) is 19.0 Å². The van der Waals surface area contributed by atoms with Gasteiger partial charge in [0.25, 0.3) is 0 Å². The Kier molecular flexibility index (Phi) is 3.48. The summed E-state index contributed by atoms with van der Waals surface area (Å²) in [7, 11) is 0. The molecule has 1 N–H and O–H groups in total. The van der Waals surface area contributed by atoms with Crippen LogP contribution in [0.4, 0.5) is 0 Å². The highest BCUT2D eigenvalue weighted by atomic mass is 16.6. The Bertz CT molecular complexity index is 430. The SMILES string of the molecule is Cc1occc1C1CNCC1C(=O)OC(C)(C)C. The van der Waals surface area contributed by atoms with Gasteiger partial charge in [0.2, 0.25) is 0 Å². The van der Waals surface area contributed by atoms with E-state index in [9.17, 15) is 4.79 Å². The van der Waals surface area contributed by atoms with Gasteiger partial charge >= 0.3 is 5.97 Å². The minimum Gasteiger partial charge on any atom is -0.469 e. The normalized spacial score (nSPS) is 24.2. The topological polar surface area (TPSA) is 51.5 Å². The highest BCUT2D eigenvalue weighted by Crippen LogP contribution is 2.32. The Morgan fingerprint density at radius 2 is 2.17 bits per heavy atom. The summed E-state index contributed by atoms with van der Waals surface area (Å²) in [5, 5.41) is 3.26. The molecule has 2 rings (SSSR count). The van der Waals surface area contributed by atoms with Crippen LogP contribution in [0.15, 0.2) is 16.7 Å². The highest BCUT2D eigenvalue weighted by Gasteiger charge is 2.37. The van der Waals surface area contributed by atoms with E-state index in [1.807, 2.05) is 33.8 Å². The molecule has 0 aliphatic carbocycles. The molecule has 2 unspecified atom stereocenters. The quantitative estimate of drug-likeness (QED) is 0.819. The van der Waals surface area contributed by atoms with Crippen LogP contribution in [-0.2, 0) is 9.53 Å². The summed E-state index contributed by atoms with van der Waals surface area (Å²) in [5.41, 5.74) is 0.672. The van der Waals surface area contributed by atoms with Crippen molar-refractivity contribution in [3.05, 3.63) is 23.7 Å². The summed E-state index contributed by atoms with van der Waals surface area (Å²) in [6.07, 6.45) is 1.68. The lowest BCUT2D eigenvalue weighted by Crippen LogP contribution is -2.31. The van der Waals surface area contributed by atoms with E-state index < -0.39 is 5.60 Å². The van der Waals surface area contributed by atoms with Gasteiger partial charge < -0.3 is 14.5 Å². The van der Waals surface area contributed by atoms with Gasteiger partial charge in [-0.05, 0) is 39.3 Å². The van der Waals surface area contributed by atoms with Gasteiger partial charge in [-0.1, -0.05) is 0 Å². The average molecular weight is 251 g/mol. The van der Waals surface area contributed by atoms with Crippen LogP contribution in [-0.4, -0.2) is 24.7 Å². The first kappa shape index (κ1) is 13.1. The molecule has 1 fully saturated rings. The van der Waals surface area contributed by atoms with Gasteiger partial charge in [0.05, 0.1) is 12.2 Å². The number of hydrogen-bond acceptors (Lipinski definition) is 4. The lowest BCUT2D eigenvalue weighted by molar-refractivity contribution is -0.159. The molecule has 1 saturated heterocycles. The van der Waals surface area contributed by atoms with Crippen molar-refractivity contribution >= 4 is 5.97 Å². The lowest BCUT2D eigenvalue weighted by Gasteiger charge is -2.24. The van der Waals surface area contributed by atoms with Crippen LogP contribution in [0.2, 0.25) is 0 Å². The second-order valence-electron chi connectivity index (χ2n) is 5.84. The molecular weight excluding hydrogens is 230 g/mol. The molecule has 4 nitrogen and oxygen atoms in total. The molecule has 0 amide bonds. The number of aryl methyl sites for hydroxylation is 1. The van der Waals surface area contributed by atoms with Crippen molar-refractivity contribution in [2.24, 2.45) is 5.92 Å². The predicted octanol–water partition coefficient (Wildman–Crippen LogP) is 2.23. The third-order valence-electron chi connectivity index (χ3n) is 3.22. The molecular formula is C14H21NO3. The number of ether oxygens (including phenoxy) is 1. The van der Waals surface area contributed by atoms with Crippen molar-refractivity contribution in [3.63, 3.8) is 0 Å². The van der Waals surface area contributed by atoms with Crippen LogP contribution in [0.1, 0.15) is 38.0 Å². The molecule has 2 atom stereocenters. The summed E-state index contributed by atoms with van der Waals surface area (Å²) >= 11 is 0. The summed E-state index contributed by atoms with van der Waals surface area (Å²) in [6.45, 7) is 9.08. The molecule has 0 aromatic carbocycles. The van der Waals surface area contributed by atoms with Crippen molar-refractivity contribution in [2.75, 3.05) is 13.1 Å². The standard InChI is InChI=1S/C14H21NO3/c1-9-10(5-6-17-9)11-7-15-8-12(11)13(16)18-14(2,3)4/h5-6,11-12,15H,7-8H2,1-4H3. The third kappa shape index (κ3) is 2.75. The molecule has 0 saturated carbocycles. The number of esters is 1. The van der Waals surface area contributed by atoms with Crippen LogP contribution in [0.3, 0.4) is 0 Å². The number of furan rings is 1. The molecule has 2 heterocycles. The highest BCUT2D eigenvalue weighted by molar-refractivity contribution is 5.75. The Morgan fingerprint density at radius 3 is 2.72 bits per heavy atom. The number of carbonyl (C=O) groups excluding carboxylic acids is 1. The average Bonchev–Trinajstić information content (AvgIpc) is 2.82. The Labute approximate surface area is 108 Å². The predicted molar refractivity (Wildman–Crippen MR) is 68.4 cm³/mol. The number of rotatable bonds is 2. The zero-order valence-corrected chi connectivity index (χ0v) is 11.4. The Morgan fingerprint density at radius 1 is 1.44 bits per heavy atom. The first-order chi connectivity index (χ1) is 8.38. The largest absolute Gasteiger partial charge is 0.469 e. The molecule has 4 heteroatoms. The monoisotopic (exact) mass is 251 g/mol. The minimum atomic E-state index is -0.435. The molecule has 100 valence electrons. The van der Waals surface area contributed by atoms with E-state index in [1.165, 1.54) is 0 Å². The van der Waals surface area contributed by atoms with E-state index in [0.29, 0.717) is 6.54 Å². The zero-order chi connectivity index (χ0) is 13.3. The fraction of sp³-hybridized carbons (Fsp3) is 0.643. The van der Waals surface area contributed by atoms with Crippen LogP contribution >= 0.6 is 0 Å². The third-order valence-corrected chi connectivity index (χ3v) is 3.22. The smallest absolute Gasteiger partial charge is 0.311 e. The summed E-state index contributed by atoms with van der Waals surface area (Å²) in [6, 6.07) is 1.95. The number of hydrogen-bond donors (Lipinski definition) is 1. The first-order valence-electron chi connectivity index (χ1n) is 6.36. The van der Waals surface area contributed by atoms with Crippen molar-refractivity contribution in [1.29, 1.82) is 0 Å². The van der Waals surface area contributed by atoms with Crippen molar-refractivity contribution in [1.82, 2.24) is 5.32 Å². The van der Waals surface area contributed by atoms with Crippen molar-refractivity contribution < 1.29 is 13.9 Å². The fourth-order valence-corrected chi connectivity index (χ4v) is 2.41. The molecule has 1 aromatic rings. The maximum Gasteiger partial charge on any atom is 0.311 e. The van der Waals surface area contributed by atoms with E-state index in [2.05, 4.69) is 5.32 Å². The van der Waals surface area contributed by atoms with E-state index in [-0.39, 0.29) is 17.8 Å². The van der Waals surface area contributed by atoms with Gasteiger partial charge in [0.1, 0.15) is 11.4 Å². The van der Waals surface area contributed by atoms with Crippen LogP contribution in [0, 0.1) is 12.8 Å². The van der Waals surface area contributed by atoms with E-state index in [4.69, 9.17) is 9.15 Å². The van der Waals surface area contributed by atoms with Gasteiger partial charge in [-0.15, -0.1) is 0 Å². The first-order valence-corrected chi connectivity index (χ1v) is 6.36. The second-order valence-corrected chi connectivity index (χ2v) is 5.84. The lowest BCUT2D eigenvalue weighted by atomic mass is 9.89. The molecule has 0 bridgehead atoms. The fourth-order valence-electron chi connectivity index (χ4n) is 2.41. The molecule has 0 spiro atoms. The minimum absolute atomic E-state index is 0.125. The van der Waals surface area contributed by atoms with Crippen LogP contribution in [0.25, 0.3) is 0 Å². The van der Waals surface area contributed by atoms with Crippen molar-refractivity contribution in [2.45, 2.75) is 39.2 Å². The molecule has 18 heavy (non-hydrogen) atoms. The van der Waals surface area contributed by atoms with Crippen molar-refractivity contribution in [3.8, 4) is 0 Å². The molecule has 1 aliphatic heterocycles. The maximum atomic E-state index is 12.2. The summed E-state index contributed by atoms with van der Waals surface area (Å²) < 4.78 is 10.8. The Balaban J connectivity index is 2.13. The van der Waals surface area contributed by atoms with E-state index in [1.54, 1.807) is 6.26 Å². The van der Waals surface area contributed by atoms with Gasteiger partial charge in [-0.3, -0.25) is 4.79 Å². The zero-order valence-electron chi connectivity index (χ0n) is 11.4. The second kappa shape index (κ2) is 4.76. The Hall–Kier alpha value is -1.29. The van der Waals surface area contributed by atoms with Crippen LogP contribution < -0.4 is 5.32 Å². The van der Waals surface area contributed by atoms with Gasteiger partial charge in [-0.2, -0.15) is 0 Å². The summed E-state index contributed by atoms with van der Waals surface area (Å²) in [4.78, 5) is 12.2. The number of nitrogens with one attached hydrogen (secondary N) is 1. The maximum absolute atomic E-state index is 12.2. The number of carbonyl (C=O) groups is 1. The van der Waals surface area contributed by atoms with Crippen LogP contribution in [0.5, 0.6) is 0 Å². The molecule has 1 aliphatic rings. The van der Waals surface area contributed by atoms with Gasteiger partial charge in [0.15, 0.2) is 0 Å². The summed E-state index contributed by atoms with van der Waals surface area (Å²) in [5.74, 6) is 0.787.